The Morgan fingerprint density at radius 2 is 1.70 bits per heavy atom. The van der Waals surface area contributed by atoms with E-state index in [-0.39, 0.29) is 11.8 Å². The molecule has 7 heteroatoms. The van der Waals surface area contributed by atoms with Crippen LogP contribution >= 0.6 is 43.6 Å². The molecule has 0 fully saturated rings. The van der Waals surface area contributed by atoms with Crippen LogP contribution < -0.4 is 5.32 Å². The standard InChI is InChI=1S/C23H28Br2N2O2S/c1-16(2)12-26-23(29)17(3)27(13-19-5-4-6-21(25)11-19)22(28)15-30-14-18-7-9-20(24)10-8-18/h4-11,16-17H,12-15H2,1-3H3,(H,26,29). The molecule has 0 aliphatic rings. The molecule has 2 amide bonds. The summed E-state index contributed by atoms with van der Waals surface area (Å²) in [6, 6.07) is 15.4. The minimum atomic E-state index is -0.538. The second-order valence-corrected chi connectivity index (χ2v) is 10.4. The van der Waals surface area contributed by atoms with Crippen molar-refractivity contribution in [3.63, 3.8) is 0 Å². The van der Waals surface area contributed by atoms with E-state index in [1.165, 1.54) is 0 Å². The third kappa shape index (κ3) is 8.44. The molecule has 1 atom stereocenters. The number of benzene rings is 2. The van der Waals surface area contributed by atoms with Crippen molar-refractivity contribution in [2.24, 2.45) is 5.92 Å². The molecule has 2 aromatic carbocycles. The largest absolute Gasteiger partial charge is 0.354 e. The second-order valence-electron chi connectivity index (χ2n) is 7.59. The van der Waals surface area contributed by atoms with Gasteiger partial charge in [0.15, 0.2) is 0 Å². The summed E-state index contributed by atoms with van der Waals surface area (Å²) in [6.45, 7) is 6.89. The fraction of sp³-hybridized carbons (Fsp3) is 0.391. The van der Waals surface area contributed by atoms with Crippen LogP contribution in [0.4, 0.5) is 0 Å². The van der Waals surface area contributed by atoms with E-state index in [2.05, 4.69) is 37.2 Å². The lowest BCUT2D eigenvalue weighted by molar-refractivity contribution is -0.138. The Morgan fingerprint density at radius 1 is 1.00 bits per heavy atom. The molecule has 0 radical (unpaired) electrons. The molecule has 4 nitrogen and oxygen atoms in total. The molecule has 162 valence electrons. The maximum absolute atomic E-state index is 13.1. The molecule has 0 aliphatic heterocycles. The van der Waals surface area contributed by atoms with Crippen LogP contribution in [0.25, 0.3) is 0 Å². The number of thioether (sulfide) groups is 1. The zero-order valence-electron chi connectivity index (χ0n) is 17.5. The minimum absolute atomic E-state index is 0.0377. The number of nitrogens with one attached hydrogen (secondary N) is 1. The van der Waals surface area contributed by atoms with Crippen LogP contribution in [0.1, 0.15) is 31.9 Å². The first kappa shape index (κ1) is 25.0. The van der Waals surface area contributed by atoms with Crippen molar-refractivity contribution in [1.29, 1.82) is 0 Å². The Hall–Kier alpha value is -1.31. The molecular formula is C23H28Br2N2O2S. The van der Waals surface area contributed by atoms with Gasteiger partial charge in [-0.2, -0.15) is 0 Å². The Morgan fingerprint density at radius 3 is 2.33 bits per heavy atom. The molecule has 30 heavy (non-hydrogen) atoms. The number of hydrogen-bond donors (Lipinski definition) is 1. The maximum atomic E-state index is 13.1. The Bertz CT molecular complexity index is 843. The molecular weight excluding hydrogens is 528 g/mol. The van der Waals surface area contributed by atoms with Crippen molar-refractivity contribution in [1.82, 2.24) is 10.2 Å². The van der Waals surface area contributed by atoms with E-state index >= 15 is 0 Å². The molecule has 0 saturated heterocycles. The second kappa shape index (κ2) is 12.5. The van der Waals surface area contributed by atoms with Gasteiger partial charge in [0.1, 0.15) is 6.04 Å². The molecule has 0 heterocycles. The fourth-order valence-electron chi connectivity index (χ4n) is 2.79. The van der Waals surface area contributed by atoms with Gasteiger partial charge in [-0.1, -0.05) is 70.0 Å². The zero-order chi connectivity index (χ0) is 22.1. The van der Waals surface area contributed by atoms with Crippen molar-refractivity contribution in [3.05, 3.63) is 68.6 Å². The highest BCUT2D eigenvalue weighted by atomic mass is 79.9. The van der Waals surface area contributed by atoms with Crippen LogP contribution in [0.5, 0.6) is 0 Å². The van der Waals surface area contributed by atoms with E-state index in [4.69, 9.17) is 0 Å². The lowest BCUT2D eigenvalue weighted by atomic mass is 10.1. The van der Waals surface area contributed by atoms with Crippen molar-refractivity contribution in [2.75, 3.05) is 12.3 Å². The van der Waals surface area contributed by atoms with Gasteiger partial charge >= 0.3 is 0 Å². The highest BCUT2D eigenvalue weighted by Gasteiger charge is 2.26. The lowest BCUT2D eigenvalue weighted by Crippen LogP contribution is -2.48. The van der Waals surface area contributed by atoms with Gasteiger partial charge in [0.05, 0.1) is 5.75 Å². The zero-order valence-corrected chi connectivity index (χ0v) is 21.5. The van der Waals surface area contributed by atoms with Crippen LogP contribution in [0.15, 0.2) is 57.5 Å². The molecule has 0 aliphatic carbocycles. The van der Waals surface area contributed by atoms with Crippen LogP contribution in [0.2, 0.25) is 0 Å². The quantitative estimate of drug-likeness (QED) is 0.413. The van der Waals surface area contributed by atoms with Gasteiger partial charge in [-0.25, -0.2) is 0 Å². The third-order valence-electron chi connectivity index (χ3n) is 4.50. The topological polar surface area (TPSA) is 49.4 Å². The SMILES string of the molecule is CC(C)CNC(=O)C(C)N(Cc1cccc(Br)c1)C(=O)CSCc1ccc(Br)cc1. The average molecular weight is 556 g/mol. The van der Waals surface area contributed by atoms with Gasteiger partial charge in [0.2, 0.25) is 11.8 Å². The van der Waals surface area contributed by atoms with E-state index < -0.39 is 6.04 Å². The van der Waals surface area contributed by atoms with Crippen molar-refractivity contribution < 1.29 is 9.59 Å². The van der Waals surface area contributed by atoms with Crippen molar-refractivity contribution >= 4 is 55.4 Å². The predicted molar refractivity (Wildman–Crippen MR) is 132 cm³/mol. The molecule has 1 unspecified atom stereocenters. The van der Waals surface area contributed by atoms with Gasteiger partial charge in [0, 0.05) is 27.8 Å². The van der Waals surface area contributed by atoms with E-state index in [1.807, 2.05) is 62.4 Å². The summed E-state index contributed by atoms with van der Waals surface area (Å²) >= 11 is 8.48. The summed E-state index contributed by atoms with van der Waals surface area (Å²) in [5.74, 6) is 1.27. The van der Waals surface area contributed by atoms with Crippen LogP contribution in [-0.4, -0.2) is 35.1 Å². The van der Waals surface area contributed by atoms with Gasteiger partial charge in [0.25, 0.3) is 0 Å². The Labute approximate surface area is 200 Å². The maximum Gasteiger partial charge on any atom is 0.242 e. The van der Waals surface area contributed by atoms with Gasteiger partial charge in [-0.05, 0) is 48.2 Å². The predicted octanol–water partition coefficient (Wildman–Crippen LogP) is 5.63. The molecule has 1 N–H and O–H groups in total. The number of carbonyl (C=O) groups is 2. The first-order valence-corrected chi connectivity index (χ1v) is 12.6. The number of hydrogen-bond acceptors (Lipinski definition) is 3. The normalized spacial score (nSPS) is 11.9. The van der Waals surface area contributed by atoms with Gasteiger partial charge in [-0.3, -0.25) is 9.59 Å². The molecule has 0 spiro atoms. The number of rotatable bonds is 10. The van der Waals surface area contributed by atoms with Gasteiger partial charge in [-0.15, -0.1) is 11.8 Å². The van der Waals surface area contributed by atoms with E-state index in [9.17, 15) is 9.59 Å². The molecule has 0 saturated carbocycles. The first-order chi connectivity index (χ1) is 14.3. The summed E-state index contributed by atoms with van der Waals surface area (Å²) in [5.41, 5.74) is 2.15. The fourth-order valence-corrected chi connectivity index (χ4v) is 4.37. The summed E-state index contributed by atoms with van der Waals surface area (Å²) in [5, 5.41) is 2.95. The summed E-state index contributed by atoms with van der Waals surface area (Å²) < 4.78 is 1.99. The average Bonchev–Trinajstić information content (AvgIpc) is 2.71. The van der Waals surface area contributed by atoms with Crippen molar-refractivity contribution in [2.45, 2.75) is 39.1 Å². The van der Waals surface area contributed by atoms with Crippen LogP contribution in [0, 0.1) is 5.92 Å². The highest BCUT2D eigenvalue weighted by molar-refractivity contribution is 9.10. The molecule has 0 bridgehead atoms. The number of nitrogens with zero attached hydrogens (tertiary/aromatic N) is 1. The summed E-state index contributed by atoms with van der Waals surface area (Å²) in [4.78, 5) is 27.4. The number of carbonyl (C=O) groups excluding carboxylic acids is 2. The highest BCUT2D eigenvalue weighted by Crippen LogP contribution is 2.19. The number of amides is 2. The smallest absolute Gasteiger partial charge is 0.242 e. The first-order valence-electron chi connectivity index (χ1n) is 9.90. The molecule has 0 aromatic heterocycles. The van der Waals surface area contributed by atoms with Gasteiger partial charge < -0.3 is 10.2 Å². The Kier molecular flexibility index (Phi) is 10.4. The van der Waals surface area contributed by atoms with E-state index in [1.54, 1.807) is 23.6 Å². The van der Waals surface area contributed by atoms with Crippen LogP contribution in [0.3, 0.4) is 0 Å². The third-order valence-corrected chi connectivity index (χ3v) is 6.51. The molecule has 2 rings (SSSR count). The minimum Gasteiger partial charge on any atom is -0.354 e. The lowest BCUT2D eigenvalue weighted by Gasteiger charge is -2.29. The van der Waals surface area contributed by atoms with E-state index in [0.717, 1.165) is 25.8 Å². The summed E-state index contributed by atoms with van der Waals surface area (Å²) in [6.07, 6.45) is 0. The summed E-state index contributed by atoms with van der Waals surface area (Å²) in [7, 11) is 0. The van der Waals surface area contributed by atoms with E-state index in [0.29, 0.717) is 24.8 Å². The number of halogens is 2. The monoisotopic (exact) mass is 554 g/mol. The van der Waals surface area contributed by atoms with Crippen molar-refractivity contribution in [3.8, 4) is 0 Å². The Balaban J connectivity index is 2.05. The van der Waals surface area contributed by atoms with Crippen LogP contribution in [-0.2, 0) is 21.9 Å². The molecule has 2 aromatic rings.